The van der Waals surface area contributed by atoms with E-state index in [1.165, 1.54) is 11.9 Å². The Labute approximate surface area is 210 Å². The van der Waals surface area contributed by atoms with E-state index < -0.39 is 0 Å². The van der Waals surface area contributed by atoms with Gasteiger partial charge in [0.15, 0.2) is 5.82 Å². The monoisotopic (exact) mass is 489 g/mol. The quantitative estimate of drug-likeness (QED) is 0.460. The van der Waals surface area contributed by atoms with Gasteiger partial charge < -0.3 is 30.3 Å². The van der Waals surface area contributed by atoms with Gasteiger partial charge in [-0.1, -0.05) is 19.1 Å². The number of urea groups is 1. The fourth-order valence-corrected chi connectivity index (χ4v) is 4.24. The predicted octanol–water partition coefficient (Wildman–Crippen LogP) is 3.85. The number of likely N-dealkylation sites (N-methyl/N-ethyl adjacent to an activating group) is 1. The zero-order valence-corrected chi connectivity index (χ0v) is 20.4. The third-order valence-corrected chi connectivity index (χ3v) is 6.27. The highest BCUT2D eigenvalue weighted by atomic mass is 16.5. The minimum Gasteiger partial charge on any atom is -0.483 e. The van der Waals surface area contributed by atoms with E-state index in [0.29, 0.717) is 42.0 Å². The highest BCUT2D eigenvalue weighted by Gasteiger charge is 2.19. The molecule has 2 aliphatic heterocycles. The standard InChI is InChI=1S/C26H31N7O3/c1-2-32-12-14-33(15-13-32)17-19-3-5-20(6-4-19)30-26(34)31-21-7-9-22(10-8-21)36-25-23-24(28-18-29-25)27-11-16-35-23/h3-10,18H,2,11-17H2,1H3,(H,27,28,29)(H2,30,31,34). The number of rotatable bonds is 7. The van der Waals surface area contributed by atoms with Crippen LogP contribution < -0.4 is 25.4 Å². The number of carbonyl (C=O) groups is 1. The number of benzene rings is 2. The van der Waals surface area contributed by atoms with Gasteiger partial charge in [-0.15, -0.1) is 0 Å². The number of ether oxygens (including phenoxy) is 2. The highest BCUT2D eigenvalue weighted by Crippen LogP contribution is 2.36. The molecule has 2 aromatic carbocycles. The van der Waals surface area contributed by atoms with Gasteiger partial charge in [-0.3, -0.25) is 4.90 Å². The molecule has 3 heterocycles. The normalized spacial score (nSPS) is 15.8. The van der Waals surface area contributed by atoms with E-state index >= 15 is 0 Å². The first-order valence-electron chi connectivity index (χ1n) is 12.3. The van der Waals surface area contributed by atoms with Gasteiger partial charge in [0.05, 0.1) is 6.54 Å². The molecule has 36 heavy (non-hydrogen) atoms. The molecule has 3 aromatic rings. The van der Waals surface area contributed by atoms with Crippen molar-refractivity contribution < 1.29 is 14.3 Å². The van der Waals surface area contributed by atoms with E-state index in [2.05, 4.69) is 54.8 Å². The highest BCUT2D eigenvalue weighted by molar-refractivity contribution is 5.99. The molecule has 5 rings (SSSR count). The van der Waals surface area contributed by atoms with E-state index in [4.69, 9.17) is 9.47 Å². The van der Waals surface area contributed by atoms with Crippen molar-refractivity contribution in [2.24, 2.45) is 0 Å². The Kier molecular flexibility index (Phi) is 7.44. The summed E-state index contributed by atoms with van der Waals surface area (Å²) in [5.41, 5.74) is 2.63. The van der Waals surface area contributed by atoms with Crippen LogP contribution in [0.2, 0.25) is 0 Å². The van der Waals surface area contributed by atoms with E-state index in [-0.39, 0.29) is 6.03 Å². The Bertz CT molecular complexity index is 1160. The Morgan fingerprint density at radius 2 is 1.64 bits per heavy atom. The zero-order valence-electron chi connectivity index (χ0n) is 20.4. The molecule has 2 amide bonds. The first kappa shape index (κ1) is 23.8. The summed E-state index contributed by atoms with van der Waals surface area (Å²) in [4.78, 5) is 25.7. The molecular weight excluding hydrogens is 458 g/mol. The summed E-state index contributed by atoms with van der Waals surface area (Å²) in [6.45, 7) is 9.89. The molecule has 0 aliphatic carbocycles. The van der Waals surface area contributed by atoms with Crippen LogP contribution >= 0.6 is 0 Å². The fraction of sp³-hybridized carbons (Fsp3) is 0.346. The van der Waals surface area contributed by atoms with Crippen LogP contribution in [0.25, 0.3) is 0 Å². The van der Waals surface area contributed by atoms with Crippen molar-refractivity contribution in [3.8, 4) is 17.4 Å². The molecule has 0 unspecified atom stereocenters. The Hall–Kier alpha value is -3.89. The van der Waals surface area contributed by atoms with Crippen LogP contribution in [0.4, 0.5) is 22.0 Å². The number of fused-ring (bicyclic) bond motifs is 1. The van der Waals surface area contributed by atoms with E-state index in [9.17, 15) is 4.79 Å². The number of piperazine rings is 1. The number of hydrogen-bond acceptors (Lipinski definition) is 8. The topological polar surface area (TPSA) is 104 Å². The number of anilines is 3. The summed E-state index contributed by atoms with van der Waals surface area (Å²) in [6, 6.07) is 14.8. The maximum Gasteiger partial charge on any atom is 0.323 e. The Morgan fingerprint density at radius 3 is 2.33 bits per heavy atom. The maximum atomic E-state index is 12.5. The van der Waals surface area contributed by atoms with Crippen LogP contribution in [0.1, 0.15) is 12.5 Å². The minimum atomic E-state index is -0.309. The maximum absolute atomic E-state index is 12.5. The second-order valence-corrected chi connectivity index (χ2v) is 8.74. The molecule has 0 spiro atoms. The third kappa shape index (κ3) is 6.02. The lowest BCUT2D eigenvalue weighted by molar-refractivity contribution is 0.132. The van der Waals surface area contributed by atoms with Gasteiger partial charge in [0, 0.05) is 44.1 Å². The predicted molar refractivity (Wildman–Crippen MR) is 139 cm³/mol. The fourth-order valence-electron chi connectivity index (χ4n) is 4.24. The summed E-state index contributed by atoms with van der Waals surface area (Å²) >= 11 is 0. The lowest BCUT2D eigenvalue weighted by Crippen LogP contribution is -2.45. The summed E-state index contributed by atoms with van der Waals surface area (Å²) in [5, 5.41) is 8.87. The molecule has 188 valence electrons. The average Bonchev–Trinajstić information content (AvgIpc) is 2.91. The summed E-state index contributed by atoms with van der Waals surface area (Å²) in [7, 11) is 0. The van der Waals surface area contributed by atoms with E-state index in [0.717, 1.165) is 45.0 Å². The number of hydrogen-bond donors (Lipinski definition) is 3. The van der Waals surface area contributed by atoms with Crippen molar-refractivity contribution in [2.75, 3.05) is 61.8 Å². The minimum absolute atomic E-state index is 0.309. The number of nitrogens with zero attached hydrogens (tertiary/aromatic N) is 4. The lowest BCUT2D eigenvalue weighted by Gasteiger charge is -2.34. The van der Waals surface area contributed by atoms with Crippen LogP contribution in [-0.2, 0) is 6.54 Å². The summed E-state index contributed by atoms with van der Waals surface area (Å²) in [5.74, 6) is 2.03. The SMILES string of the molecule is CCN1CCN(Cc2ccc(NC(=O)Nc3ccc(Oc4ncnc5c4OCCN5)cc3)cc2)CC1. The molecule has 10 heteroatoms. The van der Waals surface area contributed by atoms with Gasteiger partial charge in [0.25, 0.3) is 5.88 Å². The second kappa shape index (κ2) is 11.2. The van der Waals surface area contributed by atoms with Gasteiger partial charge in [0.1, 0.15) is 18.7 Å². The molecule has 1 aromatic heterocycles. The smallest absolute Gasteiger partial charge is 0.323 e. The number of aromatic nitrogens is 2. The molecule has 0 bridgehead atoms. The molecule has 3 N–H and O–H groups in total. The van der Waals surface area contributed by atoms with Crippen molar-refractivity contribution in [2.45, 2.75) is 13.5 Å². The van der Waals surface area contributed by atoms with Gasteiger partial charge in [-0.25, -0.2) is 9.78 Å². The first-order valence-corrected chi connectivity index (χ1v) is 12.3. The zero-order chi connectivity index (χ0) is 24.7. The molecule has 10 nitrogen and oxygen atoms in total. The van der Waals surface area contributed by atoms with Crippen LogP contribution in [0.5, 0.6) is 17.4 Å². The first-order chi connectivity index (χ1) is 17.7. The van der Waals surface area contributed by atoms with Gasteiger partial charge >= 0.3 is 6.03 Å². The molecule has 0 radical (unpaired) electrons. The van der Waals surface area contributed by atoms with Crippen molar-refractivity contribution in [1.82, 2.24) is 19.8 Å². The molecular formula is C26H31N7O3. The summed E-state index contributed by atoms with van der Waals surface area (Å²) in [6.07, 6.45) is 1.43. The number of amides is 2. The molecule has 0 atom stereocenters. The van der Waals surface area contributed by atoms with Crippen molar-refractivity contribution in [3.05, 3.63) is 60.4 Å². The third-order valence-electron chi connectivity index (χ3n) is 6.27. The van der Waals surface area contributed by atoms with Crippen LogP contribution in [-0.4, -0.2) is 71.7 Å². The lowest BCUT2D eigenvalue weighted by atomic mass is 10.2. The average molecular weight is 490 g/mol. The van der Waals surface area contributed by atoms with Crippen molar-refractivity contribution >= 4 is 23.2 Å². The Morgan fingerprint density at radius 1 is 0.972 bits per heavy atom. The van der Waals surface area contributed by atoms with E-state index in [1.807, 2.05) is 12.1 Å². The van der Waals surface area contributed by atoms with E-state index in [1.54, 1.807) is 24.3 Å². The van der Waals surface area contributed by atoms with Gasteiger partial charge in [0.2, 0.25) is 5.75 Å². The largest absolute Gasteiger partial charge is 0.483 e. The Balaban J connectivity index is 1.11. The van der Waals surface area contributed by atoms with Crippen molar-refractivity contribution in [1.29, 1.82) is 0 Å². The van der Waals surface area contributed by atoms with Crippen LogP contribution in [0.3, 0.4) is 0 Å². The van der Waals surface area contributed by atoms with Gasteiger partial charge in [-0.05, 0) is 48.5 Å². The van der Waals surface area contributed by atoms with Crippen LogP contribution in [0.15, 0.2) is 54.9 Å². The molecule has 1 saturated heterocycles. The number of nitrogens with one attached hydrogen (secondary N) is 3. The second-order valence-electron chi connectivity index (χ2n) is 8.74. The van der Waals surface area contributed by atoms with Gasteiger partial charge in [-0.2, -0.15) is 4.98 Å². The van der Waals surface area contributed by atoms with Crippen molar-refractivity contribution in [3.63, 3.8) is 0 Å². The molecule has 2 aliphatic rings. The van der Waals surface area contributed by atoms with Crippen LogP contribution in [0, 0.1) is 0 Å². The number of carbonyl (C=O) groups excluding carboxylic acids is 1. The molecule has 0 saturated carbocycles. The summed E-state index contributed by atoms with van der Waals surface area (Å²) < 4.78 is 11.5. The molecule has 1 fully saturated rings.